The van der Waals surface area contributed by atoms with Crippen molar-refractivity contribution in [2.24, 2.45) is 5.73 Å². The van der Waals surface area contributed by atoms with Gasteiger partial charge in [0.2, 0.25) is 18.2 Å². The normalized spacial score (nSPS) is 11.6. The number of Topliss-reactive ketones (excluding diaryl/α,β-unsaturated/α-hetero) is 1. The molecule has 1 unspecified atom stereocenters. The number of amides is 3. The summed E-state index contributed by atoms with van der Waals surface area (Å²) in [5.74, 6) is -0.496. The molecule has 0 rings (SSSR count). The van der Waals surface area contributed by atoms with Crippen LogP contribution in [0.15, 0.2) is 0 Å². The molecule has 0 radical (unpaired) electrons. The highest BCUT2D eigenvalue weighted by atomic mass is 16.5. The molecular weight excluding hydrogens is 424 g/mol. The number of carbonyl (C=O) groups excluding carboxylic acids is 4. The molecule has 0 aromatic rings. The van der Waals surface area contributed by atoms with Crippen molar-refractivity contribution in [2.45, 2.75) is 32.2 Å². The van der Waals surface area contributed by atoms with Gasteiger partial charge in [0, 0.05) is 19.6 Å². The number of rotatable bonds is 23. The third-order valence-electron chi connectivity index (χ3n) is 4.04. The lowest BCUT2D eigenvalue weighted by Gasteiger charge is -2.09. The molecule has 0 bridgehead atoms. The second kappa shape index (κ2) is 22.1. The van der Waals surface area contributed by atoms with E-state index >= 15 is 0 Å². The summed E-state index contributed by atoms with van der Waals surface area (Å²) in [6, 6.07) is -0.426. The fourth-order valence-electron chi connectivity index (χ4n) is 2.24. The predicted molar refractivity (Wildman–Crippen MR) is 116 cm³/mol. The molecule has 0 aromatic heterocycles. The van der Waals surface area contributed by atoms with E-state index in [-0.39, 0.29) is 44.0 Å². The first-order valence-corrected chi connectivity index (χ1v) is 10.7. The van der Waals surface area contributed by atoms with Crippen molar-refractivity contribution >= 4 is 24.0 Å². The largest absolute Gasteiger partial charge is 0.377 e. The molecule has 0 aliphatic rings. The molecule has 186 valence electrons. The van der Waals surface area contributed by atoms with Gasteiger partial charge in [0.1, 0.15) is 19.0 Å². The average Bonchev–Trinajstić information content (AvgIpc) is 2.76. The first-order chi connectivity index (χ1) is 15.5. The Morgan fingerprint density at radius 1 is 0.781 bits per heavy atom. The monoisotopic (exact) mass is 462 g/mol. The minimum absolute atomic E-state index is 0.0274. The van der Waals surface area contributed by atoms with Crippen LogP contribution in [0.2, 0.25) is 0 Å². The van der Waals surface area contributed by atoms with E-state index < -0.39 is 6.04 Å². The van der Waals surface area contributed by atoms with Gasteiger partial charge in [-0.1, -0.05) is 0 Å². The zero-order valence-corrected chi connectivity index (χ0v) is 18.9. The minimum atomic E-state index is -0.426. The van der Waals surface area contributed by atoms with Crippen molar-refractivity contribution in [3.05, 3.63) is 0 Å². The van der Waals surface area contributed by atoms with Gasteiger partial charge in [0.05, 0.1) is 45.7 Å². The summed E-state index contributed by atoms with van der Waals surface area (Å²) >= 11 is 0. The van der Waals surface area contributed by atoms with Crippen molar-refractivity contribution in [1.82, 2.24) is 16.0 Å². The quantitative estimate of drug-likeness (QED) is 0.100. The summed E-state index contributed by atoms with van der Waals surface area (Å²) in [5, 5.41) is 7.84. The van der Waals surface area contributed by atoms with Gasteiger partial charge in [0.15, 0.2) is 0 Å². The number of carbonyl (C=O) groups is 4. The topological polar surface area (TPSA) is 167 Å². The van der Waals surface area contributed by atoms with Crippen molar-refractivity contribution in [1.29, 1.82) is 0 Å². The van der Waals surface area contributed by atoms with Crippen molar-refractivity contribution in [3.8, 4) is 0 Å². The molecule has 0 aliphatic heterocycles. The van der Waals surface area contributed by atoms with Gasteiger partial charge in [-0.3, -0.25) is 19.2 Å². The van der Waals surface area contributed by atoms with E-state index in [1.54, 1.807) is 0 Å². The standard InChI is InChI=1S/C20H38N4O8/c1-17(26)18(21)4-2-3-5-23-19(27)14-31-13-11-30-9-7-24-20(28)15-32-12-10-29-8-6-22-16-25/h16,18H,2-15,21H2,1H3,(H,22,25)(H,23,27)(H,24,28). The smallest absolute Gasteiger partial charge is 0.246 e. The maximum atomic E-state index is 11.6. The molecule has 0 aromatic carbocycles. The Morgan fingerprint density at radius 2 is 1.31 bits per heavy atom. The zero-order valence-electron chi connectivity index (χ0n) is 18.9. The van der Waals surface area contributed by atoms with Crippen molar-refractivity contribution in [3.63, 3.8) is 0 Å². The molecule has 5 N–H and O–H groups in total. The maximum absolute atomic E-state index is 11.6. The number of nitrogens with one attached hydrogen (secondary N) is 3. The molecule has 0 saturated heterocycles. The highest BCUT2D eigenvalue weighted by Crippen LogP contribution is 1.98. The van der Waals surface area contributed by atoms with Crippen molar-refractivity contribution in [2.75, 3.05) is 72.5 Å². The molecule has 12 nitrogen and oxygen atoms in total. The Labute approximate surface area is 189 Å². The second-order valence-electron chi connectivity index (χ2n) is 6.81. The first kappa shape index (κ1) is 29.9. The van der Waals surface area contributed by atoms with E-state index in [0.29, 0.717) is 58.9 Å². The Bertz CT molecular complexity index is 522. The molecule has 0 fully saturated rings. The van der Waals surface area contributed by atoms with Crippen LogP contribution in [-0.4, -0.2) is 103 Å². The summed E-state index contributed by atoms with van der Waals surface area (Å²) < 4.78 is 20.8. The zero-order chi connectivity index (χ0) is 23.9. The molecule has 12 heteroatoms. The third kappa shape index (κ3) is 21.1. The molecule has 0 saturated carbocycles. The van der Waals surface area contributed by atoms with E-state index in [9.17, 15) is 19.2 Å². The summed E-state index contributed by atoms with van der Waals surface area (Å²) in [4.78, 5) is 44.2. The van der Waals surface area contributed by atoms with E-state index in [4.69, 9.17) is 24.7 Å². The minimum Gasteiger partial charge on any atom is -0.377 e. The van der Waals surface area contributed by atoms with Crippen LogP contribution in [0.3, 0.4) is 0 Å². The number of ether oxygens (including phenoxy) is 4. The third-order valence-corrected chi connectivity index (χ3v) is 4.04. The summed E-state index contributed by atoms with van der Waals surface area (Å²) in [6.45, 7) is 4.52. The lowest BCUT2D eigenvalue weighted by molar-refractivity contribution is -0.127. The number of ketones is 1. The van der Waals surface area contributed by atoms with Crippen LogP contribution >= 0.6 is 0 Å². The molecular formula is C20H38N4O8. The van der Waals surface area contributed by atoms with Crippen LogP contribution in [0.4, 0.5) is 0 Å². The molecule has 0 aliphatic carbocycles. The molecule has 3 amide bonds. The molecule has 0 heterocycles. The van der Waals surface area contributed by atoms with E-state index in [2.05, 4.69) is 16.0 Å². The van der Waals surface area contributed by atoms with Crippen molar-refractivity contribution < 1.29 is 38.1 Å². The highest BCUT2D eigenvalue weighted by molar-refractivity contribution is 5.81. The maximum Gasteiger partial charge on any atom is 0.246 e. The first-order valence-electron chi connectivity index (χ1n) is 10.7. The SMILES string of the molecule is CC(=O)C(N)CCCCNC(=O)COCCOCCNC(=O)COCCOCCNC=O. The number of unbranched alkanes of at least 4 members (excludes halogenated alkanes) is 1. The van der Waals surface area contributed by atoms with Crippen LogP contribution in [0, 0.1) is 0 Å². The summed E-state index contributed by atoms with van der Waals surface area (Å²) in [6.07, 6.45) is 2.74. The van der Waals surface area contributed by atoms with E-state index in [0.717, 1.165) is 12.8 Å². The van der Waals surface area contributed by atoms with Crippen LogP contribution in [0.1, 0.15) is 26.2 Å². The van der Waals surface area contributed by atoms with Gasteiger partial charge < -0.3 is 40.6 Å². The Kier molecular flexibility index (Phi) is 20.6. The van der Waals surface area contributed by atoms with Gasteiger partial charge in [-0.25, -0.2) is 0 Å². The predicted octanol–water partition coefficient (Wildman–Crippen LogP) is -1.88. The van der Waals surface area contributed by atoms with Crippen LogP contribution in [0.25, 0.3) is 0 Å². The van der Waals surface area contributed by atoms with E-state index in [1.165, 1.54) is 6.92 Å². The highest BCUT2D eigenvalue weighted by Gasteiger charge is 2.07. The number of hydrogen-bond acceptors (Lipinski definition) is 9. The molecule has 1 atom stereocenters. The number of nitrogens with two attached hydrogens (primary N) is 1. The Morgan fingerprint density at radius 3 is 1.88 bits per heavy atom. The molecule has 0 spiro atoms. The fraction of sp³-hybridized carbons (Fsp3) is 0.800. The van der Waals surface area contributed by atoms with Crippen LogP contribution in [-0.2, 0) is 38.1 Å². The van der Waals surface area contributed by atoms with E-state index in [1.807, 2.05) is 0 Å². The van der Waals surface area contributed by atoms with Crippen LogP contribution < -0.4 is 21.7 Å². The van der Waals surface area contributed by atoms with Gasteiger partial charge >= 0.3 is 0 Å². The summed E-state index contributed by atoms with van der Waals surface area (Å²) in [5.41, 5.74) is 5.63. The van der Waals surface area contributed by atoms with Crippen LogP contribution in [0.5, 0.6) is 0 Å². The van der Waals surface area contributed by atoms with Gasteiger partial charge in [-0.15, -0.1) is 0 Å². The van der Waals surface area contributed by atoms with Gasteiger partial charge in [0.25, 0.3) is 0 Å². The van der Waals surface area contributed by atoms with Gasteiger partial charge in [-0.2, -0.15) is 0 Å². The Balaban J connectivity index is 3.33. The second-order valence-corrected chi connectivity index (χ2v) is 6.81. The lowest BCUT2D eigenvalue weighted by Crippen LogP contribution is -2.31. The Hall–Kier alpha value is -2.12. The molecule has 32 heavy (non-hydrogen) atoms. The van der Waals surface area contributed by atoms with Gasteiger partial charge in [-0.05, 0) is 26.2 Å². The average molecular weight is 463 g/mol. The summed E-state index contributed by atoms with van der Waals surface area (Å²) in [7, 11) is 0. The lowest BCUT2D eigenvalue weighted by atomic mass is 10.1. The fourth-order valence-corrected chi connectivity index (χ4v) is 2.24. The number of hydrogen-bond donors (Lipinski definition) is 4.